The summed E-state index contributed by atoms with van der Waals surface area (Å²) < 4.78 is 19.2. The highest BCUT2D eigenvalue weighted by atomic mass is 19.1. The molecule has 1 amide bonds. The van der Waals surface area contributed by atoms with Crippen LogP contribution >= 0.6 is 0 Å². The van der Waals surface area contributed by atoms with Crippen LogP contribution in [0.4, 0.5) is 10.1 Å². The molecule has 158 valence electrons. The molecule has 0 radical (unpaired) electrons. The number of carbonyl (C=O) groups is 1. The average molecular weight is 430 g/mol. The minimum absolute atomic E-state index is 0.0563. The van der Waals surface area contributed by atoms with Gasteiger partial charge in [0.2, 0.25) is 5.76 Å². The molecule has 0 saturated heterocycles. The summed E-state index contributed by atoms with van der Waals surface area (Å²) in [5.74, 6) is -0.936. The molecule has 0 spiro atoms. The summed E-state index contributed by atoms with van der Waals surface area (Å²) >= 11 is 0. The van der Waals surface area contributed by atoms with Gasteiger partial charge in [-0.05, 0) is 47.5 Å². The number of para-hydroxylation sites is 1. The molecule has 1 aliphatic rings. The average Bonchev–Trinajstić information content (AvgIpc) is 3.07. The summed E-state index contributed by atoms with van der Waals surface area (Å²) in [6.07, 6.45) is 0. The first-order valence-electron chi connectivity index (χ1n) is 9.79. The van der Waals surface area contributed by atoms with Crippen molar-refractivity contribution in [2.45, 2.75) is 12.6 Å². The molecule has 0 N–H and O–H groups in total. The van der Waals surface area contributed by atoms with Gasteiger partial charge in [-0.25, -0.2) is 4.39 Å². The number of fused-ring (bicyclic) bond motifs is 2. The predicted octanol–water partition coefficient (Wildman–Crippen LogP) is 4.59. The van der Waals surface area contributed by atoms with Crippen molar-refractivity contribution in [1.82, 2.24) is 4.90 Å². The second-order valence-electron chi connectivity index (χ2n) is 7.48. The number of hydrogen-bond donors (Lipinski definition) is 0. The third-order valence-electron chi connectivity index (χ3n) is 5.56. The molecule has 1 aliphatic heterocycles. The van der Waals surface area contributed by atoms with Gasteiger partial charge >= 0.3 is 0 Å². The standard InChI is InChI=1S/C24H15FN2O5/c25-16-9-5-14(6-10-16)13-26-21(15-7-11-17(12-8-15)27(30)31)20-22(28)18-3-1-2-4-19(18)32-23(20)24(26)29/h1-12,21H,13H2/t21-/m0/s1. The quantitative estimate of drug-likeness (QED) is 0.349. The van der Waals surface area contributed by atoms with Gasteiger partial charge in [0.1, 0.15) is 11.4 Å². The largest absolute Gasteiger partial charge is 0.450 e. The van der Waals surface area contributed by atoms with E-state index in [9.17, 15) is 24.1 Å². The highest BCUT2D eigenvalue weighted by Gasteiger charge is 2.42. The molecule has 0 aliphatic carbocycles. The Morgan fingerprint density at radius 2 is 1.66 bits per heavy atom. The normalized spacial score (nSPS) is 15.2. The minimum atomic E-state index is -0.802. The number of rotatable bonds is 4. The zero-order valence-electron chi connectivity index (χ0n) is 16.5. The van der Waals surface area contributed by atoms with Gasteiger partial charge < -0.3 is 9.32 Å². The molecule has 8 heteroatoms. The van der Waals surface area contributed by atoms with Crippen molar-refractivity contribution in [2.24, 2.45) is 0 Å². The van der Waals surface area contributed by atoms with E-state index in [1.165, 1.54) is 41.3 Å². The Morgan fingerprint density at radius 1 is 0.969 bits per heavy atom. The van der Waals surface area contributed by atoms with E-state index in [0.29, 0.717) is 22.1 Å². The molecule has 3 aromatic carbocycles. The Morgan fingerprint density at radius 3 is 2.34 bits per heavy atom. The van der Waals surface area contributed by atoms with Crippen LogP contribution in [0.1, 0.15) is 33.3 Å². The van der Waals surface area contributed by atoms with Crippen molar-refractivity contribution < 1.29 is 18.5 Å². The molecular formula is C24H15FN2O5. The highest BCUT2D eigenvalue weighted by Crippen LogP contribution is 2.39. The molecule has 0 unspecified atom stereocenters. The van der Waals surface area contributed by atoms with Crippen LogP contribution in [0, 0.1) is 15.9 Å². The molecule has 0 fully saturated rings. The van der Waals surface area contributed by atoms with E-state index in [0.717, 1.165) is 0 Å². The predicted molar refractivity (Wildman–Crippen MR) is 114 cm³/mol. The number of hydrogen-bond acceptors (Lipinski definition) is 5. The molecule has 0 bridgehead atoms. The van der Waals surface area contributed by atoms with Gasteiger partial charge in [-0.3, -0.25) is 19.7 Å². The van der Waals surface area contributed by atoms with Crippen molar-refractivity contribution in [3.63, 3.8) is 0 Å². The number of nitrogens with zero attached hydrogens (tertiary/aromatic N) is 2. The summed E-state index contributed by atoms with van der Waals surface area (Å²) in [4.78, 5) is 38.7. The lowest BCUT2D eigenvalue weighted by atomic mass is 9.98. The lowest BCUT2D eigenvalue weighted by molar-refractivity contribution is -0.384. The number of carbonyl (C=O) groups excluding carboxylic acids is 1. The zero-order chi connectivity index (χ0) is 22.4. The van der Waals surface area contributed by atoms with E-state index < -0.39 is 22.7 Å². The van der Waals surface area contributed by atoms with E-state index >= 15 is 0 Å². The molecule has 1 atom stereocenters. The molecular weight excluding hydrogens is 415 g/mol. The van der Waals surface area contributed by atoms with Gasteiger partial charge in [-0.15, -0.1) is 0 Å². The van der Waals surface area contributed by atoms with Crippen LogP contribution in [0.25, 0.3) is 11.0 Å². The van der Waals surface area contributed by atoms with Crippen molar-refractivity contribution in [1.29, 1.82) is 0 Å². The Bertz CT molecular complexity index is 1430. The van der Waals surface area contributed by atoms with Crippen LogP contribution in [0.2, 0.25) is 0 Å². The monoisotopic (exact) mass is 430 g/mol. The highest BCUT2D eigenvalue weighted by molar-refractivity contribution is 5.99. The fraction of sp³-hybridized carbons (Fsp3) is 0.0833. The second kappa shape index (κ2) is 7.42. The smallest absolute Gasteiger partial charge is 0.291 e. The van der Waals surface area contributed by atoms with Gasteiger partial charge in [-0.1, -0.05) is 24.3 Å². The molecule has 1 aromatic heterocycles. The maximum atomic E-state index is 13.4. The Labute approximate surface area is 180 Å². The summed E-state index contributed by atoms with van der Waals surface area (Å²) in [6.45, 7) is 0.0980. The molecule has 2 heterocycles. The summed E-state index contributed by atoms with van der Waals surface area (Å²) in [5, 5.41) is 11.4. The molecule has 32 heavy (non-hydrogen) atoms. The van der Waals surface area contributed by atoms with Gasteiger partial charge in [0.15, 0.2) is 5.43 Å². The fourth-order valence-electron chi connectivity index (χ4n) is 4.04. The topological polar surface area (TPSA) is 93.7 Å². The summed E-state index contributed by atoms with van der Waals surface area (Å²) in [7, 11) is 0. The van der Waals surface area contributed by atoms with E-state index in [1.807, 2.05) is 0 Å². The van der Waals surface area contributed by atoms with Gasteiger partial charge in [0, 0.05) is 18.7 Å². The third kappa shape index (κ3) is 3.13. The maximum Gasteiger partial charge on any atom is 0.291 e. The summed E-state index contributed by atoms with van der Waals surface area (Å²) in [6, 6.07) is 17.3. The van der Waals surface area contributed by atoms with Gasteiger partial charge in [-0.2, -0.15) is 0 Å². The first-order chi connectivity index (χ1) is 15.4. The van der Waals surface area contributed by atoms with Crippen LogP contribution in [0.5, 0.6) is 0 Å². The number of halogens is 1. The van der Waals surface area contributed by atoms with Gasteiger partial charge in [0.25, 0.3) is 11.6 Å². The van der Waals surface area contributed by atoms with Crippen molar-refractivity contribution in [3.05, 3.63) is 121 Å². The minimum Gasteiger partial charge on any atom is -0.450 e. The van der Waals surface area contributed by atoms with Crippen molar-refractivity contribution in [3.8, 4) is 0 Å². The summed E-state index contributed by atoms with van der Waals surface area (Å²) in [5.41, 5.74) is 1.25. The number of nitro groups is 1. The van der Waals surface area contributed by atoms with Crippen LogP contribution in [-0.4, -0.2) is 15.7 Å². The lowest BCUT2D eigenvalue weighted by Crippen LogP contribution is -2.29. The zero-order valence-corrected chi connectivity index (χ0v) is 16.5. The Hall–Kier alpha value is -4.33. The van der Waals surface area contributed by atoms with E-state index in [-0.39, 0.29) is 29.0 Å². The van der Waals surface area contributed by atoms with Crippen LogP contribution in [0.3, 0.4) is 0 Å². The third-order valence-corrected chi connectivity index (χ3v) is 5.56. The first kappa shape index (κ1) is 19.6. The van der Waals surface area contributed by atoms with Crippen molar-refractivity contribution in [2.75, 3.05) is 0 Å². The van der Waals surface area contributed by atoms with E-state index in [1.54, 1.807) is 36.4 Å². The maximum absolute atomic E-state index is 13.4. The van der Waals surface area contributed by atoms with E-state index in [2.05, 4.69) is 0 Å². The number of benzene rings is 3. The Kier molecular flexibility index (Phi) is 4.55. The van der Waals surface area contributed by atoms with Crippen molar-refractivity contribution >= 4 is 22.6 Å². The molecule has 7 nitrogen and oxygen atoms in total. The molecule has 4 aromatic rings. The van der Waals surface area contributed by atoms with Crippen LogP contribution in [0.15, 0.2) is 82.0 Å². The number of nitro benzene ring substituents is 1. The first-order valence-corrected chi connectivity index (χ1v) is 9.79. The lowest BCUT2D eigenvalue weighted by Gasteiger charge is -2.25. The number of non-ortho nitro benzene ring substituents is 1. The van der Waals surface area contributed by atoms with E-state index in [4.69, 9.17) is 4.42 Å². The second-order valence-corrected chi connectivity index (χ2v) is 7.48. The van der Waals surface area contributed by atoms with Crippen LogP contribution in [-0.2, 0) is 6.54 Å². The van der Waals surface area contributed by atoms with Gasteiger partial charge in [0.05, 0.1) is 21.9 Å². The molecule has 5 rings (SSSR count). The molecule has 0 saturated carbocycles. The van der Waals surface area contributed by atoms with Crippen LogP contribution < -0.4 is 5.43 Å². The Balaban J connectivity index is 1.69. The number of amides is 1. The fourth-order valence-corrected chi connectivity index (χ4v) is 4.04. The SMILES string of the molecule is O=C1c2oc3ccccc3c(=O)c2[C@H](c2ccc([N+](=O)[O-])cc2)N1Cc1ccc(F)cc1.